The second-order valence-electron chi connectivity index (χ2n) is 4.58. The Morgan fingerprint density at radius 2 is 1.95 bits per heavy atom. The number of carboxylic acid groups (broad SMARTS) is 1. The van der Waals surface area contributed by atoms with Gasteiger partial charge < -0.3 is 10.0 Å². The maximum absolute atomic E-state index is 11.0. The molecule has 21 heavy (non-hydrogen) atoms. The van der Waals surface area contributed by atoms with Gasteiger partial charge in [0.05, 0.1) is 11.5 Å². The van der Waals surface area contributed by atoms with E-state index in [0.29, 0.717) is 6.54 Å². The quantitative estimate of drug-likeness (QED) is 0.655. The molecule has 0 saturated heterocycles. The predicted octanol–water partition coefficient (Wildman–Crippen LogP) is 3.06. The van der Waals surface area contributed by atoms with Crippen molar-refractivity contribution in [2.24, 2.45) is 0 Å². The molecule has 0 spiro atoms. The molecule has 0 aliphatic rings. The monoisotopic (exact) mass is 306 g/mol. The van der Waals surface area contributed by atoms with Gasteiger partial charge in [-0.25, -0.2) is 0 Å². The Morgan fingerprint density at radius 1 is 1.29 bits per heavy atom. The summed E-state index contributed by atoms with van der Waals surface area (Å²) in [5.41, 5.74) is 1.86. The van der Waals surface area contributed by atoms with Crippen LogP contribution in [0.5, 0.6) is 0 Å². The molecular formula is C14H14N2O4S. The minimum absolute atomic E-state index is 0.0594. The zero-order valence-electron chi connectivity index (χ0n) is 11.4. The number of carboxylic acids is 1. The molecule has 1 aromatic heterocycles. The number of rotatable bonds is 6. The predicted molar refractivity (Wildman–Crippen MR) is 80.8 cm³/mol. The molecule has 0 aliphatic carbocycles. The Kier molecular flexibility index (Phi) is 4.54. The maximum Gasteiger partial charge on any atom is 0.324 e. The molecule has 0 bridgehead atoms. The molecular weight excluding hydrogens is 292 g/mol. The molecule has 6 nitrogen and oxygen atoms in total. The molecule has 0 unspecified atom stereocenters. The number of hydrogen-bond acceptors (Lipinski definition) is 5. The Hall–Kier alpha value is -2.41. The minimum Gasteiger partial charge on any atom is -0.480 e. The molecule has 0 amide bonds. The number of benzene rings is 1. The van der Waals surface area contributed by atoms with Crippen molar-refractivity contribution >= 4 is 28.0 Å². The van der Waals surface area contributed by atoms with Gasteiger partial charge in [-0.3, -0.25) is 14.9 Å². The molecule has 0 saturated carbocycles. The third kappa shape index (κ3) is 4.03. The first kappa shape index (κ1) is 15.0. The first-order valence-electron chi connectivity index (χ1n) is 6.22. The molecule has 1 N–H and O–H groups in total. The lowest BCUT2D eigenvalue weighted by molar-refractivity contribution is -0.380. The van der Waals surface area contributed by atoms with Crippen molar-refractivity contribution in [1.82, 2.24) is 0 Å². The molecule has 0 aliphatic heterocycles. The third-order valence-electron chi connectivity index (χ3n) is 2.90. The van der Waals surface area contributed by atoms with Crippen LogP contribution in [0.2, 0.25) is 0 Å². The van der Waals surface area contributed by atoms with Gasteiger partial charge in [-0.15, -0.1) is 0 Å². The fraction of sp³-hybridized carbons (Fsp3) is 0.214. The summed E-state index contributed by atoms with van der Waals surface area (Å²) in [7, 11) is 0. The molecule has 0 fully saturated rings. The van der Waals surface area contributed by atoms with E-state index in [1.54, 1.807) is 11.0 Å². The molecule has 1 heterocycles. The van der Waals surface area contributed by atoms with Crippen LogP contribution >= 0.6 is 11.3 Å². The number of carbonyl (C=O) groups is 1. The normalized spacial score (nSPS) is 10.3. The SMILES string of the molecule is Cc1ccc(N(CC(=O)O)Cc2ccc([N+](=O)[O-])s2)cc1. The van der Waals surface area contributed by atoms with Crippen LogP contribution in [0.25, 0.3) is 0 Å². The van der Waals surface area contributed by atoms with Gasteiger partial charge in [0.15, 0.2) is 0 Å². The van der Waals surface area contributed by atoms with Crippen LogP contribution in [0.4, 0.5) is 10.7 Å². The lowest BCUT2D eigenvalue weighted by Crippen LogP contribution is -2.28. The van der Waals surface area contributed by atoms with E-state index in [1.165, 1.54) is 6.07 Å². The van der Waals surface area contributed by atoms with Crippen LogP contribution < -0.4 is 4.90 Å². The zero-order valence-corrected chi connectivity index (χ0v) is 12.2. The summed E-state index contributed by atoms with van der Waals surface area (Å²) in [6.45, 7) is 2.12. The topological polar surface area (TPSA) is 83.7 Å². The van der Waals surface area contributed by atoms with E-state index in [2.05, 4.69) is 0 Å². The second kappa shape index (κ2) is 6.36. The van der Waals surface area contributed by atoms with E-state index < -0.39 is 10.9 Å². The molecule has 1 aromatic carbocycles. The van der Waals surface area contributed by atoms with Crippen LogP contribution in [0.15, 0.2) is 36.4 Å². The van der Waals surface area contributed by atoms with Crippen LogP contribution in [0.1, 0.15) is 10.4 Å². The van der Waals surface area contributed by atoms with Gasteiger partial charge in [-0.1, -0.05) is 29.0 Å². The number of thiophene rings is 1. The van der Waals surface area contributed by atoms with Gasteiger partial charge in [0, 0.05) is 16.6 Å². The highest BCUT2D eigenvalue weighted by molar-refractivity contribution is 7.15. The molecule has 0 atom stereocenters. The average Bonchev–Trinajstić information content (AvgIpc) is 2.87. The van der Waals surface area contributed by atoms with Crippen molar-refractivity contribution in [2.75, 3.05) is 11.4 Å². The number of nitro groups is 1. The van der Waals surface area contributed by atoms with Crippen LogP contribution in [0.3, 0.4) is 0 Å². The van der Waals surface area contributed by atoms with E-state index in [9.17, 15) is 14.9 Å². The summed E-state index contributed by atoms with van der Waals surface area (Å²) < 4.78 is 0. The standard InChI is InChI=1S/C14H14N2O4S/c1-10-2-4-11(5-3-10)15(9-14(17)18)8-12-6-7-13(21-12)16(19)20/h2-7H,8-9H2,1H3,(H,17,18). The third-order valence-corrected chi connectivity index (χ3v) is 3.92. The largest absolute Gasteiger partial charge is 0.480 e. The van der Waals surface area contributed by atoms with E-state index >= 15 is 0 Å². The van der Waals surface area contributed by atoms with E-state index in [0.717, 1.165) is 27.5 Å². The van der Waals surface area contributed by atoms with Crippen molar-refractivity contribution in [3.05, 3.63) is 57.0 Å². The number of aryl methyl sites for hydroxylation is 1. The first-order chi connectivity index (χ1) is 9.95. The van der Waals surface area contributed by atoms with E-state index in [-0.39, 0.29) is 11.5 Å². The van der Waals surface area contributed by atoms with E-state index in [1.807, 2.05) is 31.2 Å². The van der Waals surface area contributed by atoms with Gasteiger partial charge >= 0.3 is 11.0 Å². The Bertz CT molecular complexity index is 651. The second-order valence-corrected chi connectivity index (χ2v) is 5.73. The number of hydrogen-bond donors (Lipinski definition) is 1. The number of nitrogens with zero attached hydrogens (tertiary/aromatic N) is 2. The van der Waals surface area contributed by atoms with Crippen molar-refractivity contribution < 1.29 is 14.8 Å². The highest BCUT2D eigenvalue weighted by Crippen LogP contribution is 2.27. The first-order valence-corrected chi connectivity index (χ1v) is 7.04. The van der Waals surface area contributed by atoms with Gasteiger partial charge in [0.25, 0.3) is 0 Å². The lowest BCUT2D eigenvalue weighted by Gasteiger charge is -2.22. The van der Waals surface area contributed by atoms with Crippen molar-refractivity contribution in [3.8, 4) is 0 Å². The van der Waals surface area contributed by atoms with Gasteiger partial charge in [-0.05, 0) is 25.1 Å². The summed E-state index contributed by atoms with van der Waals surface area (Å²) in [4.78, 5) is 23.7. The summed E-state index contributed by atoms with van der Waals surface area (Å²) >= 11 is 1.06. The van der Waals surface area contributed by atoms with E-state index in [4.69, 9.17) is 5.11 Å². The highest BCUT2D eigenvalue weighted by atomic mass is 32.1. The zero-order chi connectivity index (χ0) is 15.4. The van der Waals surface area contributed by atoms with Gasteiger partial charge in [0.1, 0.15) is 6.54 Å². The minimum atomic E-state index is -0.943. The summed E-state index contributed by atoms with van der Waals surface area (Å²) in [5.74, 6) is -0.943. The van der Waals surface area contributed by atoms with Crippen molar-refractivity contribution in [3.63, 3.8) is 0 Å². The fourth-order valence-electron chi connectivity index (χ4n) is 1.90. The maximum atomic E-state index is 11.0. The fourth-order valence-corrected chi connectivity index (χ4v) is 2.73. The Labute approximate surface area is 125 Å². The lowest BCUT2D eigenvalue weighted by atomic mass is 10.2. The number of aliphatic carboxylic acids is 1. The van der Waals surface area contributed by atoms with Crippen molar-refractivity contribution in [1.29, 1.82) is 0 Å². The summed E-state index contributed by atoms with van der Waals surface area (Å²) in [6, 6.07) is 10.6. The van der Waals surface area contributed by atoms with Gasteiger partial charge in [0.2, 0.25) is 0 Å². The van der Waals surface area contributed by atoms with Crippen molar-refractivity contribution in [2.45, 2.75) is 13.5 Å². The summed E-state index contributed by atoms with van der Waals surface area (Å²) in [5, 5.41) is 19.8. The van der Waals surface area contributed by atoms with Crippen LogP contribution in [-0.4, -0.2) is 22.5 Å². The average molecular weight is 306 g/mol. The van der Waals surface area contributed by atoms with Crippen LogP contribution in [-0.2, 0) is 11.3 Å². The number of anilines is 1. The summed E-state index contributed by atoms with van der Waals surface area (Å²) in [6.07, 6.45) is 0. The highest BCUT2D eigenvalue weighted by Gasteiger charge is 2.15. The molecule has 110 valence electrons. The molecule has 2 aromatic rings. The molecule has 0 radical (unpaired) electrons. The molecule has 7 heteroatoms. The smallest absolute Gasteiger partial charge is 0.324 e. The Morgan fingerprint density at radius 3 is 2.48 bits per heavy atom. The van der Waals surface area contributed by atoms with Gasteiger partial charge in [-0.2, -0.15) is 0 Å². The molecule has 2 rings (SSSR count). The Balaban J connectivity index is 2.21. The van der Waals surface area contributed by atoms with Crippen LogP contribution in [0, 0.1) is 17.0 Å².